The van der Waals surface area contributed by atoms with Gasteiger partial charge in [-0.05, 0) is 12.1 Å². The molecule has 2 atom stereocenters. The average molecular weight is 567 g/mol. The van der Waals surface area contributed by atoms with Crippen LogP contribution >= 0.6 is 0 Å². The van der Waals surface area contributed by atoms with E-state index >= 15 is 0 Å². The number of carbonyl (C=O) groups excluding carboxylic acids is 3. The molecule has 11 nitrogen and oxygen atoms in total. The number of para-hydroxylation sites is 1. The first-order valence-corrected chi connectivity index (χ1v) is 11.8. The van der Waals surface area contributed by atoms with E-state index < -0.39 is 77.6 Å². The number of carbonyl (C=O) groups is 4. The number of ketones is 1. The number of amides is 2. The molecule has 40 heavy (non-hydrogen) atoms. The Morgan fingerprint density at radius 2 is 1.82 bits per heavy atom. The third-order valence-corrected chi connectivity index (χ3v) is 6.02. The third-order valence-electron chi connectivity index (χ3n) is 6.02. The van der Waals surface area contributed by atoms with E-state index in [0.29, 0.717) is 11.0 Å². The van der Waals surface area contributed by atoms with Gasteiger partial charge in [-0.1, -0.05) is 17.3 Å². The standard InChI is InChI=1S/C25H21F4N3O8/c26-14-7-15(27)21(29)23(20(14)28)39-11-17(33)16(8-19(34)35)30-24(36)12-9-32(5-6-38-10-12)25(37)22-13-3-1-2-4-18(13)40-31-22/h1-4,7,12,16H,5-6,8-11H2,(H,30,36)(H,34,35)/t12-,16+/m1/s1. The summed E-state index contributed by atoms with van der Waals surface area (Å²) in [5.74, 6) is -14.0. The number of nitrogens with one attached hydrogen (secondary N) is 1. The highest BCUT2D eigenvalue weighted by Gasteiger charge is 2.33. The number of Topliss-reactive ketones (excluding diaryl/α,β-unsaturated/α-hetero) is 1. The largest absolute Gasteiger partial charge is 0.481 e. The molecule has 1 aliphatic heterocycles. The molecule has 2 amide bonds. The number of carboxylic acid groups (broad SMARTS) is 1. The maximum Gasteiger partial charge on any atom is 0.305 e. The second kappa shape index (κ2) is 12.1. The smallest absolute Gasteiger partial charge is 0.305 e. The molecule has 4 rings (SSSR count). The lowest BCUT2D eigenvalue weighted by molar-refractivity contribution is -0.141. The molecule has 2 heterocycles. The molecular weight excluding hydrogens is 546 g/mol. The Morgan fingerprint density at radius 1 is 1.12 bits per heavy atom. The van der Waals surface area contributed by atoms with Crippen LogP contribution in [-0.2, 0) is 19.1 Å². The summed E-state index contributed by atoms with van der Waals surface area (Å²) in [5, 5.41) is 15.7. The van der Waals surface area contributed by atoms with Gasteiger partial charge in [0.25, 0.3) is 5.91 Å². The van der Waals surface area contributed by atoms with E-state index in [0.717, 1.165) is 0 Å². The molecule has 2 aromatic carbocycles. The van der Waals surface area contributed by atoms with Crippen molar-refractivity contribution in [3.8, 4) is 5.75 Å². The van der Waals surface area contributed by atoms with Crippen molar-refractivity contribution in [2.45, 2.75) is 12.5 Å². The van der Waals surface area contributed by atoms with Crippen LogP contribution in [0.2, 0.25) is 0 Å². The summed E-state index contributed by atoms with van der Waals surface area (Å²) in [6, 6.07) is 4.84. The molecule has 1 aliphatic rings. The minimum Gasteiger partial charge on any atom is -0.481 e. The lowest BCUT2D eigenvalue weighted by Gasteiger charge is -2.24. The number of hydrogen-bond acceptors (Lipinski definition) is 8. The number of aliphatic carboxylic acids is 1. The normalized spacial score (nSPS) is 16.3. The predicted molar refractivity (Wildman–Crippen MR) is 125 cm³/mol. The zero-order valence-electron chi connectivity index (χ0n) is 20.5. The van der Waals surface area contributed by atoms with Crippen LogP contribution in [0.4, 0.5) is 17.6 Å². The summed E-state index contributed by atoms with van der Waals surface area (Å²) >= 11 is 0. The van der Waals surface area contributed by atoms with E-state index in [4.69, 9.17) is 9.26 Å². The van der Waals surface area contributed by atoms with Gasteiger partial charge in [0.2, 0.25) is 17.5 Å². The van der Waals surface area contributed by atoms with E-state index in [1.165, 1.54) is 4.90 Å². The van der Waals surface area contributed by atoms with Crippen molar-refractivity contribution >= 4 is 34.5 Å². The number of benzene rings is 2. The van der Waals surface area contributed by atoms with Gasteiger partial charge in [0.1, 0.15) is 12.6 Å². The molecule has 0 spiro atoms. The Morgan fingerprint density at radius 3 is 2.52 bits per heavy atom. The topological polar surface area (TPSA) is 148 Å². The summed E-state index contributed by atoms with van der Waals surface area (Å²) in [5.41, 5.74) is 0.394. The molecule has 212 valence electrons. The maximum absolute atomic E-state index is 13.8. The first-order valence-electron chi connectivity index (χ1n) is 11.8. The van der Waals surface area contributed by atoms with Gasteiger partial charge in [-0.25, -0.2) is 8.78 Å². The Labute approximate surface area is 222 Å². The van der Waals surface area contributed by atoms with Crippen molar-refractivity contribution in [2.75, 3.05) is 32.9 Å². The summed E-state index contributed by atoms with van der Waals surface area (Å²) in [6.07, 6.45) is -0.947. The van der Waals surface area contributed by atoms with Crippen LogP contribution in [0.3, 0.4) is 0 Å². The van der Waals surface area contributed by atoms with Crippen molar-refractivity contribution < 1.29 is 55.8 Å². The fourth-order valence-electron chi connectivity index (χ4n) is 3.97. The van der Waals surface area contributed by atoms with Gasteiger partial charge in [-0.3, -0.25) is 19.2 Å². The van der Waals surface area contributed by atoms with E-state index in [1.807, 2.05) is 0 Å². The molecule has 0 unspecified atom stereocenters. The number of hydrogen-bond donors (Lipinski definition) is 2. The lowest BCUT2D eigenvalue weighted by Crippen LogP contribution is -2.49. The SMILES string of the molecule is O=C(O)C[C@H](NC(=O)[C@H]1COCCN(C(=O)c2noc3ccccc23)C1)C(=O)COc1c(F)c(F)cc(F)c1F. The molecule has 0 bridgehead atoms. The number of nitrogens with zero attached hydrogens (tertiary/aromatic N) is 2. The highest BCUT2D eigenvalue weighted by atomic mass is 19.2. The first-order chi connectivity index (χ1) is 19.1. The van der Waals surface area contributed by atoms with Gasteiger partial charge in [-0.2, -0.15) is 8.78 Å². The third kappa shape index (κ3) is 6.20. The second-order valence-corrected chi connectivity index (χ2v) is 8.76. The zero-order valence-corrected chi connectivity index (χ0v) is 20.5. The quantitative estimate of drug-likeness (QED) is 0.293. The van der Waals surface area contributed by atoms with Crippen LogP contribution in [0.15, 0.2) is 34.9 Å². The average Bonchev–Trinajstić information content (AvgIpc) is 3.19. The maximum atomic E-state index is 13.8. The van der Waals surface area contributed by atoms with Gasteiger partial charge >= 0.3 is 5.97 Å². The number of rotatable bonds is 9. The Balaban J connectivity index is 1.45. The van der Waals surface area contributed by atoms with Crippen LogP contribution in [0, 0.1) is 29.2 Å². The molecule has 1 saturated heterocycles. The molecule has 0 aliphatic carbocycles. The monoisotopic (exact) mass is 567 g/mol. The van der Waals surface area contributed by atoms with Crippen LogP contribution in [0.5, 0.6) is 5.75 Å². The molecule has 0 radical (unpaired) electrons. The fraction of sp³-hybridized carbons (Fsp3) is 0.320. The molecule has 3 aromatic rings. The zero-order chi connectivity index (χ0) is 29.0. The van der Waals surface area contributed by atoms with Crippen LogP contribution < -0.4 is 10.1 Å². The van der Waals surface area contributed by atoms with Gasteiger partial charge in [0.05, 0.1) is 30.9 Å². The predicted octanol–water partition coefficient (Wildman–Crippen LogP) is 2.08. The second-order valence-electron chi connectivity index (χ2n) is 8.76. The number of fused-ring (bicyclic) bond motifs is 1. The number of halogens is 4. The summed E-state index contributed by atoms with van der Waals surface area (Å²) in [6.45, 7) is -1.43. The van der Waals surface area contributed by atoms with Crippen molar-refractivity contribution in [1.29, 1.82) is 0 Å². The molecular formula is C25H21F4N3O8. The van der Waals surface area contributed by atoms with Crippen molar-refractivity contribution in [3.05, 3.63) is 59.3 Å². The Hall–Kier alpha value is -4.53. The first kappa shape index (κ1) is 28.5. The Bertz CT molecular complexity index is 1440. The highest BCUT2D eigenvalue weighted by molar-refractivity contribution is 6.04. The molecule has 1 aromatic heterocycles. The van der Waals surface area contributed by atoms with E-state index in [2.05, 4.69) is 15.2 Å². The summed E-state index contributed by atoms with van der Waals surface area (Å²) in [7, 11) is 0. The lowest BCUT2D eigenvalue weighted by atomic mass is 10.1. The van der Waals surface area contributed by atoms with Gasteiger partial charge in [0, 0.05) is 19.2 Å². The van der Waals surface area contributed by atoms with Gasteiger partial charge in [0.15, 0.2) is 34.4 Å². The molecule has 0 saturated carbocycles. The minimum absolute atomic E-state index is 0.0148. The highest BCUT2D eigenvalue weighted by Crippen LogP contribution is 2.26. The molecule has 1 fully saturated rings. The van der Waals surface area contributed by atoms with E-state index in [9.17, 15) is 41.8 Å². The van der Waals surface area contributed by atoms with E-state index in [1.54, 1.807) is 24.3 Å². The van der Waals surface area contributed by atoms with Crippen molar-refractivity contribution in [2.24, 2.45) is 5.92 Å². The van der Waals surface area contributed by atoms with Gasteiger partial charge in [-0.15, -0.1) is 0 Å². The van der Waals surface area contributed by atoms with Crippen molar-refractivity contribution in [3.63, 3.8) is 0 Å². The Kier molecular flexibility index (Phi) is 8.62. The summed E-state index contributed by atoms with van der Waals surface area (Å²) in [4.78, 5) is 51.4. The van der Waals surface area contributed by atoms with Gasteiger partial charge < -0.3 is 29.3 Å². The van der Waals surface area contributed by atoms with Crippen LogP contribution in [-0.4, -0.2) is 77.7 Å². The van der Waals surface area contributed by atoms with E-state index in [-0.39, 0.29) is 38.1 Å². The number of carboxylic acids is 1. The fourth-order valence-corrected chi connectivity index (χ4v) is 3.97. The number of aromatic nitrogens is 1. The van der Waals surface area contributed by atoms with Crippen LogP contribution in [0.1, 0.15) is 16.9 Å². The number of ether oxygens (including phenoxy) is 2. The molecule has 2 N–H and O–H groups in total. The van der Waals surface area contributed by atoms with Crippen LogP contribution in [0.25, 0.3) is 11.0 Å². The van der Waals surface area contributed by atoms with Crippen molar-refractivity contribution in [1.82, 2.24) is 15.4 Å². The summed E-state index contributed by atoms with van der Waals surface area (Å²) < 4.78 is 69.7. The minimum atomic E-state index is -1.90. The molecule has 15 heteroatoms.